The third kappa shape index (κ3) is 3.21. The lowest BCUT2D eigenvalue weighted by Crippen LogP contribution is -2.48. The van der Waals surface area contributed by atoms with Gasteiger partial charge in [0.05, 0.1) is 13.0 Å². The molecule has 2 unspecified atom stereocenters. The maximum atomic E-state index is 11.5. The summed E-state index contributed by atoms with van der Waals surface area (Å²) in [6, 6.07) is 0.270. The van der Waals surface area contributed by atoms with Crippen LogP contribution in [0, 0.1) is 11.3 Å². The van der Waals surface area contributed by atoms with Crippen LogP contribution in [0.1, 0.15) is 40.5 Å². The lowest BCUT2D eigenvalue weighted by molar-refractivity contribution is -0.147. The average molecular weight is 227 g/mol. The van der Waals surface area contributed by atoms with Crippen molar-refractivity contribution in [2.75, 3.05) is 20.2 Å². The van der Waals surface area contributed by atoms with Crippen molar-refractivity contribution in [3.8, 4) is 0 Å². The van der Waals surface area contributed by atoms with Gasteiger partial charge in [-0.1, -0.05) is 20.8 Å². The second kappa shape index (κ2) is 5.17. The van der Waals surface area contributed by atoms with E-state index in [1.54, 1.807) is 0 Å². The van der Waals surface area contributed by atoms with Crippen molar-refractivity contribution >= 4 is 5.97 Å². The van der Waals surface area contributed by atoms with E-state index < -0.39 is 0 Å². The molecule has 3 nitrogen and oxygen atoms in total. The number of rotatable bonds is 3. The van der Waals surface area contributed by atoms with Crippen LogP contribution in [-0.4, -0.2) is 37.1 Å². The first-order chi connectivity index (χ1) is 7.37. The minimum Gasteiger partial charge on any atom is -0.469 e. The minimum atomic E-state index is -0.101. The number of piperidine rings is 1. The van der Waals surface area contributed by atoms with Crippen LogP contribution in [0.15, 0.2) is 0 Å². The van der Waals surface area contributed by atoms with Gasteiger partial charge in [0.15, 0.2) is 0 Å². The molecule has 0 aromatic heterocycles. The molecule has 1 fully saturated rings. The molecule has 0 saturated carbocycles. The number of carbonyl (C=O) groups is 1. The van der Waals surface area contributed by atoms with Gasteiger partial charge in [-0.25, -0.2) is 0 Å². The van der Waals surface area contributed by atoms with E-state index >= 15 is 0 Å². The number of carbonyl (C=O) groups excluding carboxylic acids is 1. The Hall–Kier alpha value is -0.570. The highest BCUT2D eigenvalue weighted by atomic mass is 16.5. The SMILES string of the molecule is COC(=O)C(C)C(C)N1CCCC(C)(C)C1. The Morgan fingerprint density at radius 1 is 1.38 bits per heavy atom. The molecule has 0 amide bonds. The van der Waals surface area contributed by atoms with Gasteiger partial charge in [-0.15, -0.1) is 0 Å². The molecule has 0 radical (unpaired) electrons. The minimum absolute atomic E-state index is 0.0427. The van der Waals surface area contributed by atoms with Crippen LogP contribution in [0.4, 0.5) is 0 Å². The molecule has 0 aromatic rings. The molecule has 0 spiro atoms. The monoisotopic (exact) mass is 227 g/mol. The number of nitrogens with zero attached hydrogens (tertiary/aromatic N) is 1. The van der Waals surface area contributed by atoms with Crippen LogP contribution in [-0.2, 0) is 9.53 Å². The summed E-state index contributed by atoms with van der Waals surface area (Å²) >= 11 is 0. The van der Waals surface area contributed by atoms with Gasteiger partial charge in [-0.3, -0.25) is 9.69 Å². The Balaban J connectivity index is 2.59. The summed E-state index contributed by atoms with van der Waals surface area (Å²) < 4.78 is 4.81. The smallest absolute Gasteiger partial charge is 0.309 e. The summed E-state index contributed by atoms with van der Waals surface area (Å²) in [4.78, 5) is 13.9. The van der Waals surface area contributed by atoms with E-state index in [0.717, 1.165) is 13.1 Å². The third-order valence-corrected chi connectivity index (χ3v) is 3.80. The topological polar surface area (TPSA) is 29.5 Å². The number of ether oxygens (including phenoxy) is 1. The van der Waals surface area contributed by atoms with E-state index in [9.17, 15) is 4.79 Å². The number of methoxy groups -OCH3 is 1. The van der Waals surface area contributed by atoms with Crippen molar-refractivity contribution in [3.05, 3.63) is 0 Å². The van der Waals surface area contributed by atoms with Crippen LogP contribution in [0.25, 0.3) is 0 Å². The normalized spacial score (nSPS) is 24.8. The van der Waals surface area contributed by atoms with Gasteiger partial charge in [0.2, 0.25) is 0 Å². The Morgan fingerprint density at radius 2 is 2.00 bits per heavy atom. The summed E-state index contributed by atoms with van der Waals surface area (Å²) in [5.74, 6) is -0.144. The van der Waals surface area contributed by atoms with Gasteiger partial charge >= 0.3 is 5.97 Å². The fraction of sp³-hybridized carbons (Fsp3) is 0.923. The predicted octanol–water partition coefficient (Wildman–Crippen LogP) is 2.31. The largest absolute Gasteiger partial charge is 0.469 e. The fourth-order valence-corrected chi connectivity index (χ4v) is 2.52. The molecular formula is C13H25NO2. The summed E-state index contributed by atoms with van der Waals surface area (Å²) in [7, 11) is 1.46. The molecule has 1 aliphatic rings. The molecule has 0 N–H and O–H groups in total. The quantitative estimate of drug-likeness (QED) is 0.693. The number of esters is 1. The Labute approximate surface area is 99.1 Å². The Bertz CT molecular complexity index is 250. The highest BCUT2D eigenvalue weighted by Gasteiger charge is 2.33. The number of likely N-dealkylation sites (tertiary alicyclic amines) is 1. The van der Waals surface area contributed by atoms with Gasteiger partial charge < -0.3 is 4.74 Å². The van der Waals surface area contributed by atoms with Gasteiger partial charge in [0, 0.05) is 12.6 Å². The molecule has 0 aromatic carbocycles. The Kier molecular flexibility index (Phi) is 4.36. The van der Waals surface area contributed by atoms with Crippen LogP contribution in [0.5, 0.6) is 0 Å². The van der Waals surface area contributed by atoms with Crippen LogP contribution in [0.3, 0.4) is 0 Å². The molecule has 1 rings (SSSR count). The molecular weight excluding hydrogens is 202 g/mol. The molecule has 0 bridgehead atoms. The molecule has 0 aliphatic carbocycles. The fourth-order valence-electron chi connectivity index (χ4n) is 2.52. The van der Waals surface area contributed by atoms with E-state index in [2.05, 4.69) is 25.7 Å². The number of hydrogen-bond acceptors (Lipinski definition) is 3. The summed E-state index contributed by atoms with van der Waals surface area (Å²) in [5, 5.41) is 0. The van der Waals surface area contributed by atoms with Crippen molar-refractivity contribution in [1.82, 2.24) is 4.90 Å². The standard InChI is InChI=1S/C13H25NO2/c1-10(12(15)16-5)11(2)14-8-6-7-13(3,4)9-14/h10-11H,6-9H2,1-5H3. The summed E-state index contributed by atoms with van der Waals surface area (Å²) in [6.45, 7) is 10.9. The van der Waals surface area contributed by atoms with Gasteiger partial charge in [0.25, 0.3) is 0 Å². The van der Waals surface area contributed by atoms with Crippen molar-refractivity contribution in [2.24, 2.45) is 11.3 Å². The van der Waals surface area contributed by atoms with E-state index in [0.29, 0.717) is 5.41 Å². The first kappa shape index (κ1) is 13.5. The highest BCUT2D eigenvalue weighted by molar-refractivity contribution is 5.72. The molecule has 16 heavy (non-hydrogen) atoms. The van der Waals surface area contributed by atoms with Gasteiger partial charge in [-0.05, 0) is 31.7 Å². The maximum Gasteiger partial charge on any atom is 0.309 e. The van der Waals surface area contributed by atoms with Gasteiger partial charge in [-0.2, -0.15) is 0 Å². The van der Waals surface area contributed by atoms with Crippen LogP contribution >= 0.6 is 0 Å². The van der Waals surface area contributed by atoms with Crippen molar-refractivity contribution in [2.45, 2.75) is 46.6 Å². The average Bonchev–Trinajstić information content (AvgIpc) is 2.24. The highest BCUT2D eigenvalue weighted by Crippen LogP contribution is 2.30. The zero-order valence-electron chi connectivity index (χ0n) is 11.2. The van der Waals surface area contributed by atoms with E-state index in [4.69, 9.17) is 4.74 Å². The van der Waals surface area contributed by atoms with Crippen molar-refractivity contribution in [3.63, 3.8) is 0 Å². The van der Waals surface area contributed by atoms with Crippen LogP contribution < -0.4 is 0 Å². The van der Waals surface area contributed by atoms with E-state index in [1.165, 1.54) is 20.0 Å². The first-order valence-corrected chi connectivity index (χ1v) is 6.19. The van der Waals surface area contributed by atoms with Crippen LogP contribution in [0.2, 0.25) is 0 Å². The molecule has 3 heteroatoms. The second-order valence-electron chi connectivity index (χ2n) is 5.79. The molecule has 94 valence electrons. The zero-order chi connectivity index (χ0) is 12.3. The van der Waals surface area contributed by atoms with E-state index in [-0.39, 0.29) is 17.9 Å². The lowest BCUT2D eigenvalue weighted by Gasteiger charge is -2.42. The van der Waals surface area contributed by atoms with E-state index in [1.807, 2.05) is 6.92 Å². The Morgan fingerprint density at radius 3 is 2.50 bits per heavy atom. The zero-order valence-corrected chi connectivity index (χ0v) is 11.2. The number of hydrogen-bond donors (Lipinski definition) is 0. The molecule has 1 heterocycles. The molecule has 1 saturated heterocycles. The third-order valence-electron chi connectivity index (χ3n) is 3.80. The second-order valence-corrected chi connectivity index (χ2v) is 5.79. The maximum absolute atomic E-state index is 11.5. The van der Waals surface area contributed by atoms with Gasteiger partial charge in [0.1, 0.15) is 0 Å². The van der Waals surface area contributed by atoms with Crippen molar-refractivity contribution in [1.29, 1.82) is 0 Å². The molecule has 1 aliphatic heterocycles. The van der Waals surface area contributed by atoms with Crippen molar-refractivity contribution < 1.29 is 9.53 Å². The first-order valence-electron chi connectivity index (χ1n) is 6.19. The lowest BCUT2D eigenvalue weighted by atomic mass is 9.83. The summed E-state index contributed by atoms with van der Waals surface area (Å²) in [6.07, 6.45) is 2.51. The summed E-state index contributed by atoms with van der Waals surface area (Å²) in [5.41, 5.74) is 0.377. The predicted molar refractivity (Wildman–Crippen MR) is 65.2 cm³/mol. The molecule has 2 atom stereocenters.